The van der Waals surface area contributed by atoms with Crippen molar-refractivity contribution in [2.24, 2.45) is 0 Å². The molecule has 1 aliphatic heterocycles. The minimum Gasteiger partial charge on any atom is -0.371 e. The molecule has 3 aromatic heterocycles. The maximum absolute atomic E-state index is 4.89. The van der Waals surface area contributed by atoms with Crippen LogP contribution in [0.1, 0.15) is 30.0 Å². The van der Waals surface area contributed by atoms with Crippen LogP contribution in [0.25, 0.3) is 5.52 Å². The van der Waals surface area contributed by atoms with Gasteiger partial charge >= 0.3 is 0 Å². The Labute approximate surface area is 142 Å². The minimum atomic E-state index is 0.481. The first-order chi connectivity index (χ1) is 11.8. The molecule has 3 aromatic rings. The number of likely N-dealkylation sites (tertiary alicyclic amines) is 1. The highest BCUT2D eigenvalue weighted by Crippen LogP contribution is 2.28. The number of fused-ring (bicyclic) bond motifs is 1. The second kappa shape index (κ2) is 6.61. The van der Waals surface area contributed by atoms with Crippen molar-refractivity contribution >= 4 is 11.3 Å². The van der Waals surface area contributed by atoms with Gasteiger partial charge in [0.1, 0.15) is 5.82 Å². The summed E-state index contributed by atoms with van der Waals surface area (Å²) in [5.41, 5.74) is 3.59. The molecule has 0 amide bonds. The smallest absolute Gasteiger partial charge is 0.150 e. The average Bonchev–Trinajstić information content (AvgIpc) is 3.10. The molecule has 0 radical (unpaired) electrons. The van der Waals surface area contributed by atoms with Gasteiger partial charge < -0.3 is 9.72 Å². The van der Waals surface area contributed by atoms with Crippen molar-refractivity contribution in [3.63, 3.8) is 0 Å². The molecule has 0 saturated carbocycles. The van der Waals surface area contributed by atoms with Crippen LogP contribution in [0.15, 0.2) is 49.1 Å². The third-order valence-electron chi connectivity index (χ3n) is 4.82. The summed E-state index contributed by atoms with van der Waals surface area (Å²) in [6, 6.07) is 8.33. The molecule has 0 bridgehead atoms. The molecule has 5 nitrogen and oxygen atoms in total. The maximum atomic E-state index is 4.89. The summed E-state index contributed by atoms with van der Waals surface area (Å²) in [6.45, 7) is 3.17. The highest BCUT2D eigenvalue weighted by Gasteiger charge is 2.23. The van der Waals surface area contributed by atoms with E-state index in [2.05, 4.69) is 50.2 Å². The molecule has 1 aliphatic rings. The van der Waals surface area contributed by atoms with Gasteiger partial charge in [0.2, 0.25) is 0 Å². The van der Waals surface area contributed by atoms with Crippen LogP contribution in [-0.4, -0.2) is 39.4 Å². The van der Waals surface area contributed by atoms with Crippen LogP contribution in [-0.2, 0) is 6.54 Å². The summed E-state index contributed by atoms with van der Waals surface area (Å²) in [4.78, 5) is 11.6. The van der Waals surface area contributed by atoms with E-state index in [0.29, 0.717) is 5.92 Å². The van der Waals surface area contributed by atoms with Crippen LogP contribution >= 0.6 is 0 Å². The molecule has 1 atom stereocenters. The number of pyridine rings is 1. The zero-order chi connectivity index (χ0) is 16.4. The van der Waals surface area contributed by atoms with E-state index in [9.17, 15) is 0 Å². The van der Waals surface area contributed by atoms with Crippen LogP contribution in [0.3, 0.4) is 0 Å². The number of anilines is 1. The summed E-state index contributed by atoms with van der Waals surface area (Å²) in [5, 5.41) is 3.23. The topological polar surface area (TPSA) is 45.5 Å². The van der Waals surface area contributed by atoms with Gasteiger partial charge in [-0.15, -0.1) is 0 Å². The highest BCUT2D eigenvalue weighted by molar-refractivity contribution is 5.68. The van der Waals surface area contributed by atoms with Crippen LogP contribution in [0.4, 0.5) is 5.82 Å². The van der Waals surface area contributed by atoms with Crippen molar-refractivity contribution in [3.05, 3.63) is 60.3 Å². The molecule has 4 heterocycles. The Bertz CT molecular complexity index is 811. The highest BCUT2D eigenvalue weighted by atomic mass is 15.1. The van der Waals surface area contributed by atoms with E-state index in [1.807, 2.05) is 25.5 Å². The van der Waals surface area contributed by atoms with Gasteiger partial charge in [0.05, 0.1) is 11.2 Å². The van der Waals surface area contributed by atoms with Crippen molar-refractivity contribution < 1.29 is 0 Å². The van der Waals surface area contributed by atoms with Crippen molar-refractivity contribution in [2.45, 2.75) is 25.3 Å². The summed E-state index contributed by atoms with van der Waals surface area (Å²) in [5.74, 6) is 1.44. The molecule has 1 fully saturated rings. The third kappa shape index (κ3) is 2.99. The zero-order valence-corrected chi connectivity index (χ0v) is 14.0. The van der Waals surface area contributed by atoms with Crippen molar-refractivity contribution in [1.82, 2.24) is 19.3 Å². The molecule has 24 heavy (non-hydrogen) atoms. The number of hydrogen-bond acceptors (Lipinski definition) is 4. The minimum absolute atomic E-state index is 0.481. The number of nitrogens with one attached hydrogen (secondary N) is 1. The summed E-state index contributed by atoms with van der Waals surface area (Å²) in [7, 11) is 1.94. The molecule has 1 unspecified atom stereocenters. The lowest BCUT2D eigenvalue weighted by molar-refractivity contribution is 0.198. The van der Waals surface area contributed by atoms with Gasteiger partial charge in [0.15, 0.2) is 0 Å². The summed E-state index contributed by atoms with van der Waals surface area (Å²) >= 11 is 0. The van der Waals surface area contributed by atoms with E-state index in [1.165, 1.54) is 24.1 Å². The van der Waals surface area contributed by atoms with Gasteiger partial charge in [-0.3, -0.25) is 9.88 Å². The Morgan fingerprint density at radius 2 is 2.25 bits per heavy atom. The monoisotopic (exact) mass is 321 g/mol. The lowest BCUT2D eigenvalue weighted by atomic mass is 9.94. The second-order valence-corrected chi connectivity index (χ2v) is 6.50. The lowest BCUT2D eigenvalue weighted by Gasteiger charge is -2.32. The number of hydrogen-bond donors (Lipinski definition) is 1. The Morgan fingerprint density at radius 3 is 3.08 bits per heavy atom. The lowest BCUT2D eigenvalue weighted by Crippen LogP contribution is -2.34. The Morgan fingerprint density at radius 1 is 1.29 bits per heavy atom. The van der Waals surface area contributed by atoms with Crippen LogP contribution < -0.4 is 5.32 Å². The molecular weight excluding hydrogens is 298 g/mol. The van der Waals surface area contributed by atoms with E-state index >= 15 is 0 Å². The molecular formula is C19H23N5. The fourth-order valence-electron chi connectivity index (χ4n) is 3.64. The summed E-state index contributed by atoms with van der Waals surface area (Å²) in [6.07, 6.45) is 10.5. The molecule has 5 heteroatoms. The normalized spacial score (nSPS) is 18.8. The van der Waals surface area contributed by atoms with Crippen molar-refractivity contribution in [3.8, 4) is 0 Å². The van der Waals surface area contributed by atoms with E-state index < -0.39 is 0 Å². The SMILES string of the molecule is CNc1nc(C2CCCN(Cc3cccnc3)C2)cn2cccc12. The molecule has 4 rings (SSSR count). The van der Waals surface area contributed by atoms with Crippen LogP contribution in [0, 0.1) is 0 Å². The first kappa shape index (κ1) is 15.1. The number of piperidine rings is 1. The number of nitrogens with zero attached hydrogens (tertiary/aromatic N) is 4. The van der Waals surface area contributed by atoms with Crippen LogP contribution in [0.5, 0.6) is 0 Å². The number of aromatic nitrogens is 3. The van der Waals surface area contributed by atoms with Crippen molar-refractivity contribution in [1.29, 1.82) is 0 Å². The fraction of sp³-hybridized carbons (Fsp3) is 0.368. The molecule has 0 aliphatic carbocycles. The molecule has 124 valence electrons. The first-order valence-electron chi connectivity index (χ1n) is 8.60. The summed E-state index contributed by atoms with van der Waals surface area (Å²) < 4.78 is 2.17. The fourth-order valence-corrected chi connectivity index (χ4v) is 3.64. The van der Waals surface area contributed by atoms with Crippen LogP contribution in [0.2, 0.25) is 0 Å². The Balaban J connectivity index is 1.55. The zero-order valence-electron chi connectivity index (χ0n) is 14.0. The first-order valence-corrected chi connectivity index (χ1v) is 8.60. The van der Waals surface area contributed by atoms with Gasteiger partial charge in [-0.1, -0.05) is 6.07 Å². The Hall–Kier alpha value is -2.40. The molecule has 1 saturated heterocycles. The van der Waals surface area contributed by atoms with E-state index in [-0.39, 0.29) is 0 Å². The van der Waals surface area contributed by atoms with Gasteiger partial charge in [-0.05, 0) is 43.1 Å². The van der Waals surface area contributed by atoms with E-state index in [1.54, 1.807) is 0 Å². The molecule has 0 spiro atoms. The predicted molar refractivity (Wildman–Crippen MR) is 96.2 cm³/mol. The van der Waals surface area contributed by atoms with E-state index in [4.69, 9.17) is 4.98 Å². The predicted octanol–water partition coefficient (Wildman–Crippen LogP) is 3.15. The van der Waals surface area contributed by atoms with Gasteiger partial charge in [-0.2, -0.15) is 0 Å². The largest absolute Gasteiger partial charge is 0.371 e. The average molecular weight is 321 g/mol. The molecule has 0 aromatic carbocycles. The maximum Gasteiger partial charge on any atom is 0.150 e. The standard InChI is InChI=1S/C19H23N5/c1-20-19-18-7-4-10-24(18)14-17(22-19)16-6-3-9-23(13-16)12-15-5-2-8-21-11-15/h2,4-5,7-8,10-11,14,16H,3,6,9,12-13H2,1H3,(H,20,22). The van der Waals surface area contributed by atoms with Crippen molar-refractivity contribution in [2.75, 3.05) is 25.5 Å². The van der Waals surface area contributed by atoms with Gasteiger partial charge in [-0.25, -0.2) is 4.98 Å². The Kier molecular flexibility index (Phi) is 4.17. The van der Waals surface area contributed by atoms with Gasteiger partial charge in [0, 0.05) is 50.8 Å². The molecule has 1 N–H and O–H groups in total. The quantitative estimate of drug-likeness (QED) is 0.802. The van der Waals surface area contributed by atoms with E-state index in [0.717, 1.165) is 31.0 Å². The second-order valence-electron chi connectivity index (χ2n) is 6.50. The third-order valence-corrected chi connectivity index (χ3v) is 4.82. The van der Waals surface area contributed by atoms with Gasteiger partial charge in [0.25, 0.3) is 0 Å². The number of rotatable bonds is 4.